The van der Waals surface area contributed by atoms with Gasteiger partial charge in [-0.2, -0.15) is 0 Å². The fourth-order valence-electron chi connectivity index (χ4n) is 3.44. The number of alkyl carbamates (subject to hydrolysis) is 1. The quantitative estimate of drug-likeness (QED) is 0.645. The second kappa shape index (κ2) is 8.53. The molecule has 1 saturated carbocycles. The van der Waals surface area contributed by atoms with Crippen molar-refractivity contribution < 1.29 is 34.0 Å². The number of carbonyl (C=O) groups excluding carboxylic acids is 1. The van der Waals surface area contributed by atoms with Crippen LogP contribution in [0.4, 0.5) is 4.79 Å². The van der Waals surface area contributed by atoms with Crippen molar-refractivity contribution in [3.8, 4) is 0 Å². The Balaban J connectivity index is 1.56. The van der Waals surface area contributed by atoms with Gasteiger partial charge >= 0.3 is 6.09 Å². The predicted octanol–water partition coefficient (Wildman–Crippen LogP) is 0.944. The first-order valence-corrected chi connectivity index (χ1v) is 9.11. The zero-order chi connectivity index (χ0) is 19.4. The lowest BCUT2D eigenvalue weighted by atomic mass is 10.2. The number of carbonyl (C=O) groups is 1. The molecule has 27 heavy (non-hydrogen) atoms. The van der Waals surface area contributed by atoms with E-state index in [2.05, 4.69) is 5.32 Å². The number of hydrogen-bond acceptors (Lipinski definition) is 7. The van der Waals surface area contributed by atoms with Gasteiger partial charge in [-0.1, -0.05) is 30.3 Å². The molecule has 2 unspecified atom stereocenters. The zero-order valence-electron chi connectivity index (χ0n) is 15.5. The van der Waals surface area contributed by atoms with Crippen LogP contribution in [-0.2, 0) is 25.6 Å². The van der Waals surface area contributed by atoms with Gasteiger partial charge in [-0.25, -0.2) is 4.79 Å². The molecule has 0 radical (unpaired) electrons. The second-order valence-electron chi connectivity index (χ2n) is 7.32. The minimum Gasteiger partial charge on any atom is -0.445 e. The third kappa shape index (κ3) is 5.18. The van der Waals surface area contributed by atoms with Crippen molar-refractivity contribution in [2.24, 2.45) is 0 Å². The van der Waals surface area contributed by atoms with Crippen LogP contribution in [-0.4, -0.2) is 65.8 Å². The molecule has 0 bridgehead atoms. The van der Waals surface area contributed by atoms with Crippen LogP contribution >= 0.6 is 0 Å². The van der Waals surface area contributed by atoms with E-state index in [0.717, 1.165) is 5.56 Å². The first-order chi connectivity index (χ1) is 12.9. The normalized spacial score (nSPS) is 29.9. The van der Waals surface area contributed by atoms with Gasteiger partial charge in [0.15, 0.2) is 5.79 Å². The summed E-state index contributed by atoms with van der Waals surface area (Å²) in [5.41, 5.74) is 0.901. The summed E-state index contributed by atoms with van der Waals surface area (Å²) in [5, 5.41) is 21.3. The third-order valence-corrected chi connectivity index (χ3v) is 4.64. The van der Waals surface area contributed by atoms with Crippen molar-refractivity contribution >= 4 is 6.09 Å². The standard InChI is InChI=1S/C19H27NO7/c1-19(2)26-16-14(8-15(17(16)27-19)24-11-13(22)9-21)20-18(23)25-10-12-6-4-3-5-7-12/h3-7,13-17,21-22H,8-11H2,1-2H3,(H,20,23)/t13?,14-,15+,16?,17-/m1/s1. The first-order valence-electron chi connectivity index (χ1n) is 9.11. The fraction of sp³-hybridized carbons (Fsp3) is 0.632. The highest BCUT2D eigenvalue weighted by atomic mass is 16.8. The molecule has 5 atom stereocenters. The highest BCUT2D eigenvalue weighted by Crippen LogP contribution is 2.39. The number of aliphatic hydroxyl groups excluding tert-OH is 2. The van der Waals surface area contributed by atoms with Crippen LogP contribution in [0.1, 0.15) is 25.8 Å². The summed E-state index contributed by atoms with van der Waals surface area (Å²) in [7, 11) is 0. The van der Waals surface area contributed by atoms with E-state index in [0.29, 0.717) is 6.42 Å². The molecule has 1 saturated heterocycles. The van der Waals surface area contributed by atoms with E-state index >= 15 is 0 Å². The van der Waals surface area contributed by atoms with Crippen LogP contribution in [0.25, 0.3) is 0 Å². The Kier molecular flexibility index (Phi) is 6.33. The van der Waals surface area contributed by atoms with Gasteiger partial charge in [0.25, 0.3) is 0 Å². The molecule has 2 fully saturated rings. The van der Waals surface area contributed by atoms with E-state index in [1.54, 1.807) is 13.8 Å². The summed E-state index contributed by atoms with van der Waals surface area (Å²) < 4.78 is 22.8. The maximum Gasteiger partial charge on any atom is 0.407 e. The van der Waals surface area contributed by atoms with Gasteiger partial charge in [-0.15, -0.1) is 0 Å². The molecule has 1 aliphatic heterocycles. The van der Waals surface area contributed by atoms with E-state index in [-0.39, 0.29) is 44.2 Å². The lowest BCUT2D eigenvalue weighted by Gasteiger charge is -2.24. The third-order valence-electron chi connectivity index (χ3n) is 4.64. The van der Waals surface area contributed by atoms with E-state index in [4.69, 9.17) is 24.1 Å². The molecule has 3 rings (SSSR count). The minimum absolute atomic E-state index is 0.0145. The number of fused-ring (bicyclic) bond motifs is 1. The van der Waals surface area contributed by atoms with Crippen molar-refractivity contribution in [1.29, 1.82) is 0 Å². The highest BCUT2D eigenvalue weighted by molar-refractivity contribution is 5.67. The lowest BCUT2D eigenvalue weighted by Crippen LogP contribution is -2.43. The van der Waals surface area contributed by atoms with Gasteiger partial charge in [0, 0.05) is 0 Å². The van der Waals surface area contributed by atoms with Gasteiger partial charge in [-0.05, 0) is 25.8 Å². The number of ether oxygens (including phenoxy) is 4. The number of rotatable bonds is 7. The Labute approximate surface area is 158 Å². The number of benzene rings is 1. The molecule has 1 amide bonds. The molecule has 1 heterocycles. The Bertz CT molecular complexity index is 624. The van der Waals surface area contributed by atoms with Crippen LogP contribution in [0.3, 0.4) is 0 Å². The number of hydrogen-bond donors (Lipinski definition) is 3. The van der Waals surface area contributed by atoms with E-state index in [9.17, 15) is 9.90 Å². The second-order valence-corrected chi connectivity index (χ2v) is 7.32. The molecular weight excluding hydrogens is 354 g/mol. The average Bonchev–Trinajstić information content (AvgIpc) is 3.12. The van der Waals surface area contributed by atoms with Crippen LogP contribution in [0.2, 0.25) is 0 Å². The topological polar surface area (TPSA) is 106 Å². The van der Waals surface area contributed by atoms with Crippen molar-refractivity contribution in [2.45, 2.75) is 63.1 Å². The van der Waals surface area contributed by atoms with E-state index < -0.39 is 18.0 Å². The van der Waals surface area contributed by atoms with Gasteiger partial charge < -0.3 is 34.5 Å². The van der Waals surface area contributed by atoms with Crippen LogP contribution in [0, 0.1) is 0 Å². The first kappa shape index (κ1) is 20.0. The molecule has 1 aliphatic carbocycles. The molecule has 1 aromatic carbocycles. The monoisotopic (exact) mass is 381 g/mol. The summed E-state index contributed by atoms with van der Waals surface area (Å²) in [6, 6.07) is 9.09. The molecular formula is C19H27NO7. The highest BCUT2D eigenvalue weighted by Gasteiger charge is 2.55. The number of nitrogens with one attached hydrogen (secondary N) is 1. The van der Waals surface area contributed by atoms with E-state index in [1.807, 2.05) is 30.3 Å². The Morgan fingerprint density at radius 3 is 2.70 bits per heavy atom. The molecule has 8 heteroatoms. The van der Waals surface area contributed by atoms with Gasteiger partial charge in [0.1, 0.15) is 24.9 Å². The van der Waals surface area contributed by atoms with Crippen LogP contribution < -0.4 is 5.32 Å². The Morgan fingerprint density at radius 2 is 2.00 bits per heavy atom. The Morgan fingerprint density at radius 1 is 1.30 bits per heavy atom. The summed E-state index contributed by atoms with van der Waals surface area (Å²) in [6.07, 6.45) is -2.14. The SMILES string of the molecule is CC1(C)OC2[C@H](NC(=O)OCc3ccccc3)C[C@H](OCC(O)CO)[C@H]2O1. The number of amides is 1. The van der Waals surface area contributed by atoms with Crippen LogP contribution in [0.15, 0.2) is 30.3 Å². The Hall–Kier alpha value is -1.71. The summed E-state index contributed by atoms with van der Waals surface area (Å²) in [4.78, 5) is 12.2. The average molecular weight is 381 g/mol. The summed E-state index contributed by atoms with van der Waals surface area (Å²) in [5.74, 6) is -0.791. The van der Waals surface area contributed by atoms with Crippen molar-refractivity contribution in [2.75, 3.05) is 13.2 Å². The molecule has 0 spiro atoms. The smallest absolute Gasteiger partial charge is 0.407 e. The molecule has 3 N–H and O–H groups in total. The van der Waals surface area contributed by atoms with Crippen LogP contribution in [0.5, 0.6) is 0 Å². The van der Waals surface area contributed by atoms with Gasteiger partial charge in [-0.3, -0.25) is 0 Å². The minimum atomic E-state index is -0.957. The van der Waals surface area contributed by atoms with Crippen molar-refractivity contribution in [3.63, 3.8) is 0 Å². The maximum atomic E-state index is 12.2. The molecule has 8 nitrogen and oxygen atoms in total. The number of aliphatic hydroxyl groups is 2. The van der Waals surface area contributed by atoms with Gasteiger partial charge in [0.05, 0.1) is 25.4 Å². The zero-order valence-corrected chi connectivity index (χ0v) is 15.5. The maximum absolute atomic E-state index is 12.2. The molecule has 1 aromatic rings. The predicted molar refractivity (Wildman–Crippen MR) is 94.8 cm³/mol. The summed E-state index contributed by atoms with van der Waals surface area (Å²) in [6.45, 7) is 3.39. The fourth-order valence-corrected chi connectivity index (χ4v) is 3.44. The van der Waals surface area contributed by atoms with Gasteiger partial charge in [0.2, 0.25) is 0 Å². The molecule has 150 valence electrons. The molecule has 0 aromatic heterocycles. The van der Waals surface area contributed by atoms with Crippen molar-refractivity contribution in [1.82, 2.24) is 5.32 Å². The summed E-state index contributed by atoms with van der Waals surface area (Å²) >= 11 is 0. The lowest BCUT2D eigenvalue weighted by molar-refractivity contribution is -0.171. The molecule has 2 aliphatic rings. The van der Waals surface area contributed by atoms with E-state index in [1.165, 1.54) is 0 Å². The largest absolute Gasteiger partial charge is 0.445 e. The van der Waals surface area contributed by atoms with Crippen molar-refractivity contribution in [3.05, 3.63) is 35.9 Å².